The van der Waals surface area contributed by atoms with Gasteiger partial charge < -0.3 is 42.1 Å². The first-order valence-corrected chi connectivity index (χ1v) is 27.1. The number of nitrogens with zero attached hydrogens (tertiary/aromatic N) is 8. The van der Waals surface area contributed by atoms with Gasteiger partial charge in [0.05, 0.1) is 12.1 Å². The van der Waals surface area contributed by atoms with Crippen molar-refractivity contribution in [1.82, 2.24) is 29.9 Å². The monoisotopic (exact) mass is 1050 g/mol. The molecule has 0 spiro atoms. The van der Waals surface area contributed by atoms with E-state index in [4.69, 9.17) is 9.98 Å². The van der Waals surface area contributed by atoms with Gasteiger partial charge in [0.15, 0.2) is 0 Å². The predicted molar refractivity (Wildman–Crippen MR) is 313 cm³/mol. The van der Waals surface area contributed by atoms with Crippen LogP contribution in [0.3, 0.4) is 0 Å². The maximum absolute atomic E-state index is 10.9. The van der Waals surface area contributed by atoms with Crippen LogP contribution >= 0.6 is 23.5 Å². The molecule has 18 heteroatoms. The molecule has 2 heterocycles. The number of hydrogen-bond donors (Lipinski definition) is 8. The first-order chi connectivity index (χ1) is 36.9. The number of phenolic OH excluding ortho intramolecular Hbond substituents is 2. The molecule has 8 N–H and O–H groups in total. The Bertz CT molecular complexity index is 3090. The molecule has 0 saturated heterocycles. The van der Waals surface area contributed by atoms with Crippen LogP contribution in [-0.2, 0) is 11.5 Å². The summed E-state index contributed by atoms with van der Waals surface area (Å²) >= 11 is 3.41. The topological polar surface area (TPSA) is 215 Å². The quantitative estimate of drug-likeness (QED) is 0.0263. The molecule has 2 unspecified atom stereocenters. The second-order valence-corrected chi connectivity index (χ2v) is 20.9. The largest absolute Gasteiger partial charge is 0.507 e. The number of nitrogens with one attached hydrogen (secondary N) is 6. The first kappa shape index (κ1) is 52.6. The maximum atomic E-state index is 10.9. The lowest BCUT2D eigenvalue weighted by molar-refractivity contribution is 0.390. The number of aromatic hydroxyl groups is 2. The Labute approximate surface area is 452 Å². The molecule has 76 heavy (non-hydrogen) atoms. The van der Waals surface area contributed by atoms with Crippen molar-refractivity contribution in [2.24, 2.45) is 9.98 Å². The Hall–Kier alpha value is -8.22. The second-order valence-electron chi connectivity index (χ2n) is 18.8. The van der Waals surface area contributed by atoms with E-state index in [-0.39, 0.29) is 23.6 Å². The van der Waals surface area contributed by atoms with Crippen molar-refractivity contribution in [3.05, 3.63) is 166 Å². The van der Waals surface area contributed by atoms with E-state index < -0.39 is 0 Å². The van der Waals surface area contributed by atoms with Crippen molar-refractivity contribution in [3.8, 4) is 11.5 Å². The lowest BCUT2D eigenvalue weighted by Crippen LogP contribution is -2.27. The minimum absolute atomic E-state index is 0.0485. The van der Waals surface area contributed by atoms with Crippen LogP contribution in [0.25, 0.3) is 0 Å². The van der Waals surface area contributed by atoms with E-state index in [1.807, 2.05) is 48.5 Å². The van der Waals surface area contributed by atoms with Crippen LogP contribution in [-0.4, -0.2) is 78.7 Å². The molecule has 2 atom stereocenters. The molecule has 0 radical (unpaired) electrons. The van der Waals surface area contributed by atoms with Crippen molar-refractivity contribution in [3.63, 3.8) is 0 Å². The second kappa shape index (κ2) is 24.9. The molecule has 8 aromatic rings. The number of aryl methyl sites for hydroxylation is 4. The molecular weight excluding hydrogens is 989 g/mol. The van der Waals surface area contributed by atoms with Gasteiger partial charge in [-0.25, -0.2) is 0 Å². The van der Waals surface area contributed by atoms with Crippen LogP contribution in [0.5, 0.6) is 11.5 Å². The zero-order chi connectivity index (χ0) is 53.0. The smallest absolute Gasteiger partial charge is 0.233 e. The molecule has 1 aliphatic rings. The summed E-state index contributed by atoms with van der Waals surface area (Å²) in [7, 11) is 3.55. The fourth-order valence-corrected chi connectivity index (χ4v) is 10.5. The molecule has 6 aromatic carbocycles. The van der Waals surface area contributed by atoms with Crippen LogP contribution in [0, 0.1) is 27.7 Å². The molecule has 9 rings (SSSR count). The summed E-state index contributed by atoms with van der Waals surface area (Å²) in [5.41, 5.74) is 11.6. The maximum Gasteiger partial charge on any atom is 0.233 e. The summed E-state index contributed by atoms with van der Waals surface area (Å²) in [6.07, 6.45) is 7.48. The van der Waals surface area contributed by atoms with Gasteiger partial charge in [0.2, 0.25) is 35.7 Å². The van der Waals surface area contributed by atoms with Crippen LogP contribution in [0.2, 0.25) is 0 Å². The number of aliphatic imine (C=N–C) groups is 2. The van der Waals surface area contributed by atoms with E-state index in [2.05, 4.69) is 150 Å². The minimum Gasteiger partial charge on any atom is -0.507 e. The summed E-state index contributed by atoms with van der Waals surface area (Å²) in [5.74, 6) is 4.37. The molecule has 16 nitrogen and oxygen atoms in total. The van der Waals surface area contributed by atoms with E-state index in [1.54, 1.807) is 62.2 Å². The fourth-order valence-electron chi connectivity index (χ4n) is 8.80. The van der Waals surface area contributed by atoms with Gasteiger partial charge in [-0.05, 0) is 171 Å². The molecule has 1 fully saturated rings. The molecule has 0 amide bonds. The standard InChI is InChI=1S/C58H62N14O2S2/c1-35-23-36(2)26-45(25-35)65-57-69-53(59-5)67-55(71-57)63-43-13-17-47(18-14-43)75-33-39-11-21-51(73)41(29-39)31-61-49-9-7-8-10-50(49)62-32-42-30-40(12-22-52(42)74)34-76-48-19-15-44(16-20-48)64-56-68-54(60-6)70-58(72-56)66-46-27-37(3)24-38(4)28-46/h11-32,49-50,73-74H,7-10,33-34H2,1-6H3,(H3,59,63,65,67,69,71)(H3,60,64,66,68,70,72)/b61-31+,62-32+. The average molecular weight is 1050 g/mol. The molecule has 388 valence electrons. The number of rotatable bonds is 20. The van der Waals surface area contributed by atoms with Crippen LogP contribution in [0.15, 0.2) is 141 Å². The lowest BCUT2D eigenvalue weighted by Gasteiger charge is -2.25. The molecular formula is C58H62N14O2S2. The van der Waals surface area contributed by atoms with Gasteiger partial charge in [-0.2, -0.15) is 29.9 Å². The molecule has 1 aliphatic carbocycles. The molecule has 2 aromatic heterocycles. The van der Waals surface area contributed by atoms with Crippen molar-refractivity contribution in [1.29, 1.82) is 0 Å². The normalized spacial score (nSPS) is 14.4. The molecule has 0 bridgehead atoms. The summed E-state index contributed by atoms with van der Waals surface area (Å²) in [4.78, 5) is 39.4. The highest BCUT2D eigenvalue weighted by molar-refractivity contribution is 7.98. The van der Waals surface area contributed by atoms with Gasteiger partial charge >= 0.3 is 0 Å². The third-order valence-electron chi connectivity index (χ3n) is 12.4. The zero-order valence-electron chi connectivity index (χ0n) is 43.4. The van der Waals surface area contributed by atoms with E-state index >= 15 is 0 Å². The summed E-state index contributed by atoms with van der Waals surface area (Å²) in [5, 5.41) is 41.0. The summed E-state index contributed by atoms with van der Waals surface area (Å²) in [6, 6.07) is 40.0. The Morgan fingerprint density at radius 1 is 0.447 bits per heavy atom. The Balaban J connectivity index is 0.773. The van der Waals surface area contributed by atoms with Gasteiger partial charge in [0.25, 0.3) is 0 Å². The number of thioether (sulfide) groups is 2. The van der Waals surface area contributed by atoms with E-state index in [1.165, 1.54) is 0 Å². The third-order valence-corrected chi connectivity index (χ3v) is 14.6. The number of phenols is 2. The number of anilines is 10. The van der Waals surface area contributed by atoms with E-state index in [9.17, 15) is 10.2 Å². The van der Waals surface area contributed by atoms with Crippen LogP contribution in [0.1, 0.15) is 70.2 Å². The summed E-state index contributed by atoms with van der Waals surface area (Å²) < 4.78 is 0. The predicted octanol–water partition coefficient (Wildman–Crippen LogP) is 13.2. The van der Waals surface area contributed by atoms with Crippen LogP contribution in [0.4, 0.5) is 58.4 Å². The van der Waals surface area contributed by atoms with Crippen molar-refractivity contribution >= 4 is 94.4 Å². The summed E-state index contributed by atoms with van der Waals surface area (Å²) in [6.45, 7) is 8.23. The minimum atomic E-state index is -0.0485. The number of aromatic nitrogens is 6. The van der Waals surface area contributed by atoms with E-state index in [0.29, 0.717) is 58.3 Å². The Morgan fingerprint density at radius 3 is 1.14 bits per heavy atom. The molecule has 0 aliphatic heterocycles. The van der Waals surface area contributed by atoms with Crippen molar-refractivity contribution in [2.45, 2.75) is 86.8 Å². The average Bonchev–Trinajstić information content (AvgIpc) is 3.40. The first-order valence-electron chi connectivity index (χ1n) is 25.2. The van der Waals surface area contributed by atoms with Gasteiger partial charge in [-0.3, -0.25) is 9.98 Å². The van der Waals surface area contributed by atoms with Crippen molar-refractivity contribution in [2.75, 3.05) is 46.0 Å². The fraction of sp³-hybridized carbons (Fsp3) is 0.241. The van der Waals surface area contributed by atoms with E-state index in [0.717, 1.165) is 91.6 Å². The highest BCUT2D eigenvalue weighted by atomic mass is 32.2. The SMILES string of the molecule is CNc1nc(Nc2ccc(SCc3ccc(O)c(/C=N/C4CCCCC4/N=C/c4cc(CSc5ccc(Nc6nc(NC)nc(Nc7cc(C)cc(C)c7)n6)cc5)ccc4O)c3)cc2)nc(Nc2cc(C)cc(C)c2)n1. The van der Waals surface area contributed by atoms with Gasteiger partial charge in [-0.15, -0.1) is 23.5 Å². The van der Waals surface area contributed by atoms with Gasteiger partial charge in [-0.1, -0.05) is 37.1 Å². The van der Waals surface area contributed by atoms with Crippen LogP contribution < -0.4 is 31.9 Å². The number of hydrogen-bond acceptors (Lipinski definition) is 18. The van der Waals surface area contributed by atoms with Crippen molar-refractivity contribution < 1.29 is 10.2 Å². The third kappa shape index (κ3) is 14.8. The lowest BCUT2D eigenvalue weighted by atomic mass is 9.91. The van der Waals surface area contributed by atoms with Gasteiger partial charge in [0.1, 0.15) is 11.5 Å². The zero-order valence-corrected chi connectivity index (χ0v) is 45.0. The molecule has 1 saturated carbocycles. The highest BCUT2D eigenvalue weighted by Gasteiger charge is 2.24. The Morgan fingerprint density at radius 2 is 0.789 bits per heavy atom. The highest BCUT2D eigenvalue weighted by Crippen LogP contribution is 2.31. The number of benzene rings is 6. The van der Waals surface area contributed by atoms with Gasteiger partial charge in [0, 0.05) is 81.7 Å². The Kier molecular flexibility index (Phi) is 17.2.